The molecule has 0 fully saturated rings. The highest BCUT2D eigenvalue weighted by atomic mass is 27.0. The Bertz CT molecular complexity index is 449. The quantitative estimate of drug-likeness (QED) is 0.753. The van der Waals surface area contributed by atoms with Gasteiger partial charge in [0.25, 0.3) is 0 Å². The number of benzene rings is 1. The van der Waals surface area contributed by atoms with E-state index in [2.05, 4.69) is 34.6 Å². The van der Waals surface area contributed by atoms with Crippen LogP contribution in [0.3, 0.4) is 0 Å². The van der Waals surface area contributed by atoms with Crippen LogP contribution >= 0.6 is 0 Å². The lowest BCUT2D eigenvalue weighted by Gasteiger charge is -2.08. The monoisotopic (exact) mass is 201 g/mol. The number of hydrogen-bond acceptors (Lipinski definition) is 2. The number of nitrogens with one attached hydrogen (secondary N) is 1. The van der Waals surface area contributed by atoms with Crippen LogP contribution in [0.25, 0.3) is 11.0 Å². The van der Waals surface area contributed by atoms with Crippen molar-refractivity contribution in [3.63, 3.8) is 0 Å². The first-order chi connectivity index (χ1) is 6.74. The fourth-order valence-corrected chi connectivity index (χ4v) is 1.94. The van der Waals surface area contributed by atoms with E-state index in [1.165, 1.54) is 10.9 Å². The Morgan fingerprint density at radius 1 is 1.36 bits per heavy atom. The molecule has 2 nitrogen and oxygen atoms in total. The van der Waals surface area contributed by atoms with Crippen LogP contribution in [0.15, 0.2) is 28.7 Å². The van der Waals surface area contributed by atoms with Gasteiger partial charge in [-0.15, -0.1) is 0 Å². The van der Waals surface area contributed by atoms with Gasteiger partial charge in [-0.1, -0.05) is 18.2 Å². The molecule has 1 heterocycles. The van der Waals surface area contributed by atoms with Crippen molar-refractivity contribution in [3.05, 3.63) is 35.6 Å². The topological polar surface area (TPSA) is 25.2 Å². The van der Waals surface area contributed by atoms with E-state index < -0.39 is 0 Å². The lowest BCUT2D eigenvalue weighted by Crippen LogP contribution is -2.16. The lowest BCUT2D eigenvalue weighted by atomic mass is 10.1. The van der Waals surface area contributed by atoms with Crippen LogP contribution in [0.2, 0.25) is 0 Å². The van der Waals surface area contributed by atoms with Gasteiger partial charge in [0.15, 0.2) is 16.3 Å². The smallest absolute Gasteiger partial charge is 0.162 e. The van der Waals surface area contributed by atoms with E-state index in [4.69, 9.17) is 4.42 Å². The summed E-state index contributed by atoms with van der Waals surface area (Å²) >= 11 is 2.73. The predicted octanol–water partition coefficient (Wildman–Crippen LogP) is 2.13. The molecule has 0 saturated carbocycles. The number of fused-ring (bicyclic) bond motifs is 1. The van der Waals surface area contributed by atoms with E-state index in [0.29, 0.717) is 0 Å². The molecule has 0 bridgehead atoms. The zero-order chi connectivity index (χ0) is 10.1. The molecule has 2 aromatic rings. The van der Waals surface area contributed by atoms with Gasteiger partial charge in [0.2, 0.25) is 0 Å². The van der Waals surface area contributed by atoms with E-state index in [1.54, 1.807) is 0 Å². The first-order valence-electron chi connectivity index (χ1n) is 4.65. The Kier molecular flexibility index (Phi) is 2.65. The second-order valence-electron chi connectivity index (χ2n) is 3.35. The maximum atomic E-state index is 5.77. The van der Waals surface area contributed by atoms with Gasteiger partial charge in [0.1, 0.15) is 11.3 Å². The number of para-hydroxylation sites is 1. The highest BCUT2D eigenvalue weighted by molar-refractivity contribution is 6.12. The van der Waals surface area contributed by atoms with Crippen LogP contribution in [0.1, 0.15) is 16.2 Å². The van der Waals surface area contributed by atoms with Gasteiger partial charge >= 0.3 is 0 Å². The van der Waals surface area contributed by atoms with Gasteiger partial charge in [-0.3, -0.25) is 0 Å². The molecule has 2 rings (SSSR count). The van der Waals surface area contributed by atoms with Crippen molar-refractivity contribution < 1.29 is 4.42 Å². The zero-order valence-electron chi connectivity index (χ0n) is 8.37. The summed E-state index contributed by atoms with van der Waals surface area (Å²) in [5.41, 5.74) is 2.18. The molecule has 1 unspecified atom stereocenters. The van der Waals surface area contributed by atoms with Crippen molar-refractivity contribution in [2.45, 2.75) is 11.8 Å². The van der Waals surface area contributed by atoms with Crippen LogP contribution in [-0.4, -0.2) is 23.3 Å². The third-order valence-corrected chi connectivity index (χ3v) is 3.11. The molecule has 0 aliphatic rings. The van der Waals surface area contributed by atoms with Gasteiger partial charge in [-0.2, -0.15) is 0 Å². The summed E-state index contributed by atoms with van der Waals surface area (Å²) < 4.78 is 5.77. The first-order valence-corrected chi connectivity index (χ1v) is 5.31. The SMILES string of the molecule is CN[CH]([Al])c1oc2ccccc2c1C. The summed E-state index contributed by atoms with van der Waals surface area (Å²) in [6.07, 6.45) is 0. The van der Waals surface area contributed by atoms with Gasteiger partial charge in [0, 0.05) is 5.39 Å². The standard InChI is InChI=1S/C11H12NO.Al/c1-8-9-5-3-4-6-10(9)13-11(8)7-12-2;/h3-7,12H,1-2H3;. The molecule has 0 aliphatic carbocycles. The Morgan fingerprint density at radius 2 is 2.07 bits per heavy atom. The minimum absolute atomic E-state index is 0.183. The van der Waals surface area contributed by atoms with Gasteiger partial charge in [-0.25, -0.2) is 0 Å². The fourth-order valence-electron chi connectivity index (χ4n) is 1.62. The van der Waals surface area contributed by atoms with Crippen LogP contribution in [0.5, 0.6) is 0 Å². The normalized spacial score (nSPS) is 13.3. The van der Waals surface area contributed by atoms with Gasteiger partial charge < -0.3 is 9.73 Å². The molecule has 1 aromatic carbocycles. The summed E-state index contributed by atoms with van der Waals surface area (Å²) in [6, 6.07) is 8.11. The Hall–Kier alpha value is -0.748. The molecule has 0 saturated heterocycles. The fraction of sp³-hybridized carbons (Fsp3) is 0.273. The third kappa shape index (κ3) is 1.48. The molecule has 70 valence electrons. The number of hydrogen-bond donors (Lipinski definition) is 1. The molecule has 3 heteroatoms. The molecular weight excluding hydrogens is 189 g/mol. The summed E-state index contributed by atoms with van der Waals surface area (Å²) in [5, 5.41) is 4.35. The third-order valence-electron chi connectivity index (χ3n) is 2.47. The molecule has 0 spiro atoms. The predicted molar refractivity (Wildman–Crippen MR) is 58.5 cm³/mol. The van der Waals surface area contributed by atoms with Crippen molar-refractivity contribution in [1.29, 1.82) is 0 Å². The van der Waals surface area contributed by atoms with Crippen molar-refractivity contribution >= 4 is 27.3 Å². The number of furan rings is 1. The average molecular weight is 201 g/mol. The van der Waals surface area contributed by atoms with E-state index in [1.807, 2.05) is 25.2 Å². The highest BCUT2D eigenvalue weighted by Crippen LogP contribution is 2.27. The minimum atomic E-state index is 0.183. The number of rotatable bonds is 2. The zero-order valence-corrected chi connectivity index (χ0v) is 9.53. The minimum Gasteiger partial charge on any atom is -0.461 e. The largest absolute Gasteiger partial charge is 0.461 e. The van der Waals surface area contributed by atoms with E-state index in [9.17, 15) is 0 Å². The first kappa shape index (κ1) is 9.79. The Balaban J connectivity index is 2.62. The van der Waals surface area contributed by atoms with Crippen LogP contribution in [-0.2, 0) is 0 Å². The summed E-state index contributed by atoms with van der Waals surface area (Å²) in [7, 11) is 1.92. The summed E-state index contributed by atoms with van der Waals surface area (Å²) in [5.74, 6) is 0.999. The van der Waals surface area contributed by atoms with E-state index in [-0.39, 0.29) is 4.90 Å². The molecular formula is C11H12AlNO. The average Bonchev–Trinajstić information content (AvgIpc) is 2.56. The highest BCUT2D eigenvalue weighted by Gasteiger charge is 2.13. The summed E-state index contributed by atoms with van der Waals surface area (Å²) in [6.45, 7) is 2.09. The van der Waals surface area contributed by atoms with Crippen molar-refractivity contribution in [1.82, 2.24) is 5.32 Å². The molecule has 1 atom stereocenters. The molecule has 1 aromatic heterocycles. The maximum Gasteiger partial charge on any atom is 0.162 e. The van der Waals surface area contributed by atoms with Gasteiger partial charge in [-0.05, 0) is 30.5 Å². The Morgan fingerprint density at radius 3 is 2.71 bits per heavy atom. The second-order valence-corrected chi connectivity index (χ2v) is 4.02. The number of aryl methyl sites for hydroxylation is 1. The van der Waals surface area contributed by atoms with Crippen LogP contribution < -0.4 is 5.32 Å². The molecule has 1 N–H and O–H groups in total. The Labute approximate surface area is 91.7 Å². The van der Waals surface area contributed by atoms with Crippen LogP contribution in [0.4, 0.5) is 0 Å². The lowest BCUT2D eigenvalue weighted by molar-refractivity contribution is 0.516. The van der Waals surface area contributed by atoms with Gasteiger partial charge in [0.05, 0.1) is 0 Å². The molecule has 2 radical (unpaired) electrons. The van der Waals surface area contributed by atoms with Crippen molar-refractivity contribution in [2.24, 2.45) is 0 Å². The maximum absolute atomic E-state index is 5.77. The van der Waals surface area contributed by atoms with Crippen LogP contribution in [0, 0.1) is 6.92 Å². The summed E-state index contributed by atoms with van der Waals surface area (Å²) in [4.78, 5) is 0.183. The molecule has 14 heavy (non-hydrogen) atoms. The second kappa shape index (κ2) is 3.78. The van der Waals surface area contributed by atoms with E-state index in [0.717, 1.165) is 11.3 Å². The molecule has 0 aliphatic heterocycles. The van der Waals surface area contributed by atoms with Crippen molar-refractivity contribution in [3.8, 4) is 0 Å². The van der Waals surface area contributed by atoms with E-state index >= 15 is 0 Å². The molecule has 0 amide bonds. The van der Waals surface area contributed by atoms with Crippen molar-refractivity contribution in [2.75, 3.05) is 7.05 Å².